The summed E-state index contributed by atoms with van der Waals surface area (Å²) in [5.74, 6) is -0.904. The van der Waals surface area contributed by atoms with Crippen molar-refractivity contribution in [3.63, 3.8) is 0 Å². The average Bonchev–Trinajstić information content (AvgIpc) is 2.62. The third-order valence-corrected chi connectivity index (χ3v) is 4.28. The van der Waals surface area contributed by atoms with Crippen molar-refractivity contribution < 1.29 is 18.7 Å². The summed E-state index contributed by atoms with van der Waals surface area (Å²) < 4.78 is 17.7. The summed E-state index contributed by atoms with van der Waals surface area (Å²) in [5.41, 5.74) is 1.80. The van der Waals surface area contributed by atoms with E-state index in [9.17, 15) is 14.0 Å². The Labute approximate surface area is 142 Å². The molecule has 5 heteroatoms. The minimum absolute atomic E-state index is 0.155. The molecule has 0 unspecified atom stereocenters. The van der Waals surface area contributed by atoms with Gasteiger partial charge < -0.3 is 9.64 Å². The van der Waals surface area contributed by atoms with Gasteiger partial charge in [0.15, 0.2) is 0 Å². The van der Waals surface area contributed by atoms with Crippen LogP contribution >= 0.6 is 0 Å². The van der Waals surface area contributed by atoms with E-state index >= 15 is 0 Å². The first-order chi connectivity index (χ1) is 11.6. The van der Waals surface area contributed by atoms with Gasteiger partial charge >= 0.3 is 5.97 Å². The van der Waals surface area contributed by atoms with Gasteiger partial charge in [0.05, 0.1) is 13.5 Å². The number of allylic oxidation sites excluding steroid dienone is 1. The number of nitrogens with zero attached hydrogens (tertiary/aromatic N) is 1. The number of esters is 1. The van der Waals surface area contributed by atoms with Crippen LogP contribution in [-0.2, 0) is 9.53 Å². The minimum Gasteiger partial charge on any atom is -0.469 e. The van der Waals surface area contributed by atoms with Gasteiger partial charge in [0.2, 0.25) is 0 Å². The van der Waals surface area contributed by atoms with Gasteiger partial charge in [-0.15, -0.1) is 0 Å². The molecule has 0 N–H and O–H groups in total. The fourth-order valence-corrected chi connectivity index (χ4v) is 2.83. The average molecular weight is 333 g/mol. The smallest absolute Gasteiger partial charge is 0.307 e. The molecule has 0 saturated heterocycles. The highest BCUT2D eigenvalue weighted by Gasteiger charge is 2.18. The summed E-state index contributed by atoms with van der Waals surface area (Å²) >= 11 is 0. The SMILES string of the molecule is COC(=O)CCN(CCC1=CCCCC1)C(=O)c1ccc(F)cc1. The largest absolute Gasteiger partial charge is 0.469 e. The van der Waals surface area contributed by atoms with Gasteiger partial charge in [-0.25, -0.2) is 4.39 Å². The zero-order valence-electron chi connectivity index (χ0n) is 14.1. The van der Waals surface area contributed by atoms with Gasteiger partial charge in [0.1, 0.15) is 5.82 Å². The fourth-order valence-electron chi connectivity index (χ4n) is 2.83. The van der Waals surface area contributed by atoms with Crippen LogP contribution in [0.15, 0.2) is 35.9 Å². The normalized spacial score (nSPS) is 14.0. The molecule has 0 heterocycles. The highest BCUT2D eigenvalue weighted by molar-refractivity contribution is 5.94. The first-order valence-electron chi connectivity index (χ1n) is 8.39. The number of ether oxygens (including phenoxy) is 1. The van der Waals surface area contributed by atoms with Crippen molar-refractivity contribution in [2.24, 2.45) is 0 Å². The third-order valence-electron chi connectivity index (χ3n) is 4.28. The Bertz CT molecular complexity index is 595. The Morgan fingerprint density at radius 3 is 2.54 bits per heavy atom. The third kappa shape index (κ3) is 5.48. The monoisotopic (exact) mass is 333 g/mol. The first-order valence-corrected chi connectivity index (χ1v) is 8.39. The van der Waals surface area contributed by atoms with Gasteiger partial charge in [-0.3, -0.25) is 9.59 Å². The molecule has 0 saturated carbocycles. The Balaban J connectivity index is 2.02. The molecular weight excluding hydrogens is 309 g/mol. The molecule has 0 spiro atoms. The maximum atomic E-state index is 13.0. The van der Waals surface area contributed by atoms with Crippen molar-refractivity contribution in [3.05, 3.63) is 47.3 Å². The van der Waals surface area contributed by atoms with Crippen molar-refractivity contribution in [3.8, 4) is 0 Å². The van der Waals surface area contributed by atoms with E-state index < -0.39 is 0 Å². The number of rotatable bonds is 7. The van der Waals surface area contributed by atoms with Crippen LogP contribution in [0, 0.1) is 5.82 Å². The van der Waals surface area contributed by atoms with E-state index in [4.69, 9.17) is 0 Å². The molecule has 1 aromatic carbocycles. The molecule has 130 valence electrons. The molecule has 0 atom stereocenters. The summed E-state index contributed by atoms with van der Waals surface area (Å²) in [4.78, 5) is 25.7. The summed E-state index contributed by atoms with van der Waals surface area (Å²) in [5, 5.41) is 0. The van der Waals surface area contributed by atoms with Crippen molar-refractivity contribution in [1.29, 1.82) is 0 Å². The van der Waals surface area contributed by atoms with Crippen LogP contribution < -0.4 is 0 Å². The van der Waals surface area contributed by atoms with E-state index in [1.807, 2.05) is 0 Å². The van der Waals surface area contributed by atoms with Crippen LogP contribution in [0.4, 0.5) is 4.39 Å². The first kappa shape index (κ1) is 18.2. The fraction of sp³-hybridized carbons (Fsp3) is 0.474. The molecule has 0 aromatic heterocycles. The van der Waals surface area contributed by atoms with Crippen LogP contribution in [0.25, 0.3) is 0 Å². The Morgan fingerprint density at radius 1 is 1.17 bits per heavy atom. The van der Waals surface area contributed by atoms with Crippen LogP contribution in [0.2, 0.25) is 0 Å². The van der Waals surface area contributed by atoms with E-state index in [0.717, 1.165) is 19.3 Å². The van der Waals surface area contributed by atoms with E-state index in [1.165, 1.54) is 49.8 Å². The molecule has 0 radical (unpaired) electrons. The van der Waals surface area contributed by atoms with Crippen LogP contribution in [-0.4, -0.2) is 37.0 Å². The lowest BCUT2D eigenvalue weighted by atomic mass is 9.97. The maximum Gasteiger partial charge on any atom is 0.307 e. The number of benzene rings is 1. The van der Waals surface area contributed by atoms with Gasteiger partial charge in [0, 0.05) is 18.7 Å². The lowest BCUT2D eigenvalue weighted by Gasteiger charge is -2.24. The molecule has 24 heavy (non-hydrogen) atoms. The number of hydrogen-bond donors (Lipinski definition) is 0. The zero-order valence-corrected chi connectivity index (χ0v) is 14.1. The summed E-state index contributed by atoms with van der Waals surface area (Å²) in [7, 11) is 1.33. The summed E-state index contributed by atoms with van der Waals surface area (Å²) in [6.07, 6.45) is 7.82. The Hall–Kier alpha value is -2.17. The molecule has 1 aliphatic carbocycles. The second-order valence-electron chi connectivity index (χ2n) is 5.98. The molecule has 1 aliphatic rings. The molecule has 1 aromatic rings. The molecule has 2 rings (SSSR count). The standard InChI is InChI=1S/C19H24FNO3/c1-24-18(22)12-14-21(13-11-15-5-3-2-4-6-15)19(23)16-7-9-17(20)10-8-16/h5,7-10H,2-4,6,11-14H2,1H3. The topological polar surface area (TPSA) is 46.6 Å². The predicted octanol–water partition coefficient (Wildman–Crippen LogP) is 3.72. The van der Waals surface area contributed by atoms with Crippen LogP contribution in [0.3, 0.4) is 0 Å². The second kappa shape index (κ2) is 9.21. The number of hydrogen-bond acceptors (Lipinski definition) is 3. The Morgan fingerprint density at radius 2 is 1.92 bits per heavy atom. The Kier molecular flexibility index (Phi) is 6.97. The van der Waals surface area contributed by atoms with E-state index in [-0.39, 0.29) is 24.1 Å². The van der Waals surface area contributed by atoms with Gasteiger partial charge in [-0.05, 0) is 56.4 Å². The number of amides is 1. The highest BCUT2D eigenvalue weighted by Crippen LogP contribution is 2.21. The number of carbonyl (C=O) groups is 2. The van der Waals surface area contributed by atoms with Crippen molar-refractivity contribution in [1.82, 2.24) is 4.90 Å². The van der Waals surface area contributed by atoms with Gasteiger partial charge in [-0.2, -0.15) is 0 Å². The van der Waals surface area contributed by atoms with Gasteiger partial charge in [-0.1, -0.05) is 11.6 Å². The number of carbonyl (C=O) groups excluding carboxylic acids is 2. The molecule has 0 aliphatic heterocycles. The number of methoxy groups -OCH3 is 1. The lowest BCUT2D eigenvalue weighted by Crippen LogP contribution is -2.34. The molecule has 0 fully saturated rings. The second-order valence-corrected chi connectivity index (χ2v) is 5.98. The zero-order chi connectivity index (χ0) is 17.4. The minimum atomic E-state index is -0.375. The quantitative estimate of drug-likeness (QED) is 0.564. The van der Waals surface area contributed by atoms with Crippen molar-refractivity contribution in [2.75, 3.05) is 20.2 Å². The summed E-state index contributed by atoms with van der Waals surface area (Å²) in [6.45, 7) is 0.856. The molecule has 4 nitrogen and oxygen atoms in total. The van der Waals surface area contributed by atoms with Crippen molar-refractivity contribution in [2.45, 2.75) is 38.5 Å². The highest BCUT2D eigenvalue weighted by atomic mass is 19.1. The van der Waals surface area contributed by atoms with E-state index in [2.05, 4.69) is 10.8 Å². The van der Waals surface area contributed by atoms with E-state index in [1.54, 1.807) is 4.90 Å². The van der Waals surface area contributed by atoms with E-state index in [0.29, 0.717) is 18.7 Å². The molecule has 0 bridgehead atoms. The molecule has 1 amide bonds. The van der Waals surface area contributed by atoms with Gasteiger partial charge in [0.25, 0.3) is 5.91 Å². The lowest BCUT2D eigenvalue weighted by molar-refractivity contribution is -0.140. The van der Waals surface area contributed by atoms with Crippen molar-refractivity contribution >= 4 is 11.9 Å². The number of halogens is 1. The van der Waals surface area contributed by atoms with Crippen LogP contribution in [0.1, 0.15) is 48.9 Å². The maximum absolute atomic E-state index is 13.0. The van der Waals surface area contributed by atoms with Crippen LogP contribution in [0.5, 0.6) is 0 Å². The predicted molar refractivity (Wildman–Crippen MR) is 90.1 cm³/mol. The molecular formula is C19H24FNO3. The summed E-state index contributed by atoms with van der Waals surface area (Å²) in [6, 6.07) is 5.50.